The van der Waals surface area contributed by atoms with Gasteiger partial charge >= 0.3 is 12.2 Å². The van der Waals surface area contributed by atoms with Crippen molar-refractivity contribution in [2.24, 2.45) is 0 Å². The zero-order valence-electron chi connectivity index (χ0n) is 13.7. The fourth-order valence-corrected chi connectivity index (χ4v) is 3.21. The number of hydrogen-bond donors (Lipinski definition) is 1. The summed E-state index contributed by atoms with van der Waals surface area (Å²) in [6.07, 6.45) is -4.63. The number of carbonyl (C=O) groups excluding carboxylic acids is 2. The van der Waals surface area contributed by atoms with Gasteiger partial charge in [-0.2, -0.15) is 13.2 Å². The molecule has 0 saturated carbocycles. The molecule has 2 rings (SSSR count). The average molecular weight is 494 g/mol. The molecule has 13 heteroatoms. The van der Waals surface area contributed by atoms with Gasteiger partial charge in [0.1, 0.15) is 17.2 Å². The Labute approximate surface area is 180 Å². The molecule has 0 fully saturated rings. The SMILES string of the molecule is O=C(NC(=O)N(SC(Cl)(Cl)Cl)c1ccc(C(F)(F)F)cc1)c1c(F)cccc1F. The van der Waals surface area contributed by atoms with Crippen LogP contribution in [0.5, 0.6) is 0 Å². The van der Waals surface area contributed by atoms with Gasteiger partial charge in [-0.25, -0.2) is 17.9 Å². The number of benzene rings is 2. The lowest BCUT2D eigenvalue weighted by Gasteiger charge is -2.25. The van der Waals surface area contributed by atoms with E-state index < -0.39 is 44.0 Å². The molecule has 1 N–H and O–H groups in total. The number of rotatable bonds is 3. The Balaban J connectivity index is 2.32. The largest absolute Gasteiger partial charge is 0.416 e. The molecule has 0 aromatic heterocycles. The smallest absolute Gasteiger partial charge is 0.273 e. The molecule has 0 aliphatic carbocycles. The summed E-state index contributed by atoms with van der Waals surface area (Å²) in [6, 6.07) is 4.39. The number of anilines is 1. The van der Waals surface area contributed by atoms with Crippen LogP contribution in [0.4, 0.5) is 32.4 Å². The van der Waals surface area contributed by atoms with Crippen molar-refractivity contribution in [1.29, 1.82) is 0 Å². The fraction of sp³-hybridized carbons (Fsp3) is 0.125. The van der Waals surface area contributed by atoms with Gasteiger partial charge in [0.2, 0.25) is 0 Å². The first-order valence-corrected chi connectivity index (χ1v) is 9.23. The summed E-state index contributed by atoms with van der Waals surface area (Å²) < 4.78 is 63.9. The van der Waals surface area contributed by atoms with Crippen LogP contribution < -0.4 is 9.62 Å². The lowest BCUT2D eigenvalue weighted by Crippen LogP contribution is -2.41. The minimum absolute atomic E-state index is 0.200. The second-order valence-corrected chi connectivity index (χ2v) is 9.35. The minimum Gasteiger partial charge on any atom is -0.273 e. The van der Waals surface area contributed by atoms with Gasteiger partial charge in [0.25, 0.3) is 9.03 Å². The second kappa shape index (κ2) is 8.95. The normalized spacial score (nSPS) is 11.9. The molecule has 0 saturated heterocycles. The Kier molecular flexibility index (Phi) is 7.26. The van der Waals surface area contributed by atoms with Gasteiger partial charge < -0.3 is 0 Å². The van der Waals surface area contributed by atoms with Crippen LogP contribution in [0, 0.1) is 11.6 Å². The molecule has 0 unspecified atom stereocenters. The highest BCUT2D eigenvalue weighted by Gasteiger charge is 2.33. The van der Waals surface area contributed by atoms with Crippen molar-refractivity contribution in [2.45, 2.75) is 9.30 Å². The number of hydrogen-bond acceptors (Lipinski definition) is 3. The van der Waals surface area contributed by atoms with Gasteiger partial charge in [0.05, 0.1) is 11.3 Å². The Morgan fingerprint density at radius 3 is 1.90 bits per heavy atom. The van der Waals surface area contributed by atoms with Crippen molar-refractivity contribution in [3.63, 3.8) is 0 Å². The van der Waals surface area contributed by atoms with Crippen molar-refractivity contribution in [3.05, 3.63) is 65.2 Å². The molecular formula is C16H8Cl3F5N2O2S. The van der Waals surface area contributed by atoms with Crippen LogP contribution in [0.1, 0.15) is 15.9 Å². The number of nitrogens with one attached hydrogen (secondary N) is 1. The second-order valence-electron chi connectivity index (χ2n) is 5.23. The van der Waals surface area contributed by atoms with E-state index in [1.54, 1.807) is 5.32 Å². The molecule has 3 amide bonds. The maximum atomic E-state index is 13.7. The lowest BCUT2D eigenvalue weighted by atomic mass is 10.2. The van der Waals surface area contributed by atoms with Crippen LogP contribution in [0.15, 0.2) is 42.5 Å². The standard InChI is InChI=1S/C16H8Cl3F5N2O2S/c17-16(18,19)29-26(9-6-4-8(5-7-9)15(22,23)24)14(28)25-13(27)12-10(20)2-1-3-11(12)21/h1-7H,(H,25,27,28). The van der Waals surface area contributed by atoms with Crippen molar-refractivity contribution in [2.75, 3.05) is 4.31 Å². The van der Waals surface area contributed by atoms with Crippen molar-refractivity contribution < 1.29 is 31.5 Å². The number of halogens is 8. The summed E-state index contributed by atoms with van der Waals surface area (Å²) >= 11 is 17.1. The highest BCUT2D eigenvalue weighted by molar-refractivity contribution is 8.06. The highest BCUT2D eigenvalue weighted by Crippen LogP contribution is 2.43. The molecule has 0 aliphatic rings. The van der Waals surface area contributed by atoms with E-state index in [4.69, 9.17) is 34.8 Å². The number of nitrogens with zero attached hydrogens (tertiary/aromatic N) is 1. The molecule has 0 spiro atoms. The molecule has 29 heavy (non-hydrogen) atoms. The lowest BCUT2D eigenvalue weighted by molar-refractivity contribution is -0.137. The van der Waals surface area contributed by atoms with E-state index in [2.05, 4.69) is 0 Å². The molecule has 0 atom stereocenters. The Bertz CT molecular complexity index is 900. The number of urea groups is 1. The summed E-state index contributed by atoms with van der Waals surface area (Å²) in [4.78, 5) is 24.5. The Hall–Kier alpha value is -1.75. The number of amides is 3. The number of imide groups is 1. The molecular weight excluding hydrogens is 486 g/mol. The third kappa shape index (κ3) is 6.36. The number of alkyl halides is 6. The molecule has 2 aromatic rings. The monoisotopic (exact) mass is 492 g/mol. The minimum atomic E-state index is -4.63. The molecule has 2 aromatic carbocycles. The predicted octanol–water partition coefficient (Wildman–Crippen LogP) is 6.32. The van der Waals surface area contributed by atoms with Gasteiger partial charge in [-0.15, -0.1) is 0 Å². The van der Waals surface area contributed by atoms with Crippen LogP contribution in [-0.4, -0.2) is 15.1 Å². The van der Waals surface area contributed by atoms with Crippen LogP contribution in [0.25, 0.3) is 0 Å². The zero-order valence-corrected chi connectivity index (χ0v) is 16.8. The quantitative estimate of drug-likeness (QED) is 0.309. The molecule has 0 heterocycles. The van der Waals surface area contributed by atoms with E-state index in [1.807, 2.05) is 0 Å². The van der Waals surface area contributed by atoms with Crippen LogP contribution >= 0.6 is 46.8 Å². The molecule has 4 nitrogen and oxygen atoms in total. The topological polar surface area (TPSA) is 49.4 Å². The third-order valence-corrected chi connectivity index (χ3v) is 4.61. The molecule has 0 bridgehead atoms. The maximum Gasteiger partial charge on any atom is 0.416 e. The maximum absolute atomic E-state index is 13.7. The summed E-state index contributed by atoms with van der Waals surface area (Å²) in [5, 5.41) is 1.69. The van der Waals surface area contributed by atoms with E-state index in [-0.39, 0.29) is 17.6 Å². The molecule has 156 valence electrons. The van der Waals surface area contributed by atoms with E-state index in [1.165, 1.54) is 0 Å². The first kappa shape index (κ1) is 23.5. The van der Waals surface area contributed by atoms with Gasteiger partial charge in [-0.3, -0.25) is 10.1 Å². The van der Waals surface area contributed by atoms with Gasteiger partial charge in [0.15, 0.2) is 0 Å². The van der Waals surface area contributed by atoms with Crippen LogP contribution in [0.2, 0.25) is 0 Å². The zero-order chi connectivity index (χ0) is 22.0. The Morgan fingerprint density at radius 1 is 0.931 bits per heavy atom. The van der Waals surface area contributed by atoms with Gasteiger partial charge in [-0.05, 0) is 36.4 Å². The fourth-order valence-electron chi connectivity index (χ4n) is 2.03. The van der Waals surface area contributed by atoms with E-state index in [9.17, 15) is 31.5 Å². The van der Waals surface area contributed by atoms with E-state index in [0.717, 1.165) is 30.3 Å². The molecule has 0 aliphatic heterocycles. The van der Waals surface area contributed by atoms with Crippen molar-refractivity contribution in [3.8, 4) is 0 Å². The third-order valence-electron chi connectivity index (χ3n) is 3.22. The Morgan fingerprint density at radius 2 is 1.45 bits per heavy atom. The summed E-state index contributed by atoms with van der Waals surface area (Å²) in [5.41, 5.74) is -2.24. The van der Waals surface area contributed by atoms with Crippen LogP contribution in [0.3, 0.4) is 0 Å². The van der Waals surface area contributed by atoms with Crippen LogP contribution in [-0.2, 0) is 6.18 Å². The predicted molar refractivity (Wildman–Crippen MR) is 101 cm³/mol. The first-order valence-electron chi connectivity index (χ1n) is 7.32. The van der Waals surface area contributed by atoms with Crippen molar-refractivity contribution in [1.82, 2.24) is 5.32 Å². The summed E-state index contributed by atoms with van der Waals surface area (Å²) in [6.45, 7) is 0. The summed E-state index contributed by atoms with van der Waals surface area (Å²) in [7, 11) is 0. The first-order chi connectivity index (χ1) is 13.3. The van der Waals surface area contributed by atoms with E-state index >= 15 is 0 Å². The number of carbonyl (C=O) groups is 2. The van der Waals surface area contributed by atoms with Crippen molar-refractivity contribution >= 4 is 64.4 Å². The average Bonchev–Trinajstić information content (AvgIpc) is 2.58. The summed E-state index contributed by atoms with van der Waals surface area (Å²) in [5.74, 6) is -3.90. The van der Waals surface area contributed by atoms with Gasteiger partial charge in [-0.1, -0.05) is 40.9 Å². The molecule has 0 radical (unpaired) electrons. The highest BCUT2D eigenvalue weighted by atomic mass is 35.6. The van der Waals surface area contributed by atoms with E-state index in [0.29, 0.717) is 16.4 Å². The van der Waals surface area contributed by atoms with Gasteiger partial charge in [0, 0.05) is 11.9 Å².